The molecule has 6 nitrogen and oxygen atoms in total. The van der Waals surface area contributed by atoms with Crippen LogP contribution in [-0.2, 0) is 0 Å². The Hall–Kier alpha value is -1.80. The second-order valence-corrected chi connectivity index (χ2v) is 6.20. The molecule has 2 aliphatic rings. The average molecular weight is 364 g/mol. The number of amidine groups is 1. The van der Waals surface area contributed by atoms with Crippen LogP contribution in [-0.4, -0.2) is 40.8 Å². The number of hydrogen-bond acceptors (Lipinski definition) is 7. The molecule has 0 fully saturated rings. The molecule has 106 valence electrons. The Morgan fingerprint density at radius 2 is 2.05 bits per heavy atom. The van der Waals surface area contributed by atoms with Crippen molar-refractivity contribution in [3.8, 4) is 0 Å². The monoisotopic (exact) mass is 363 g/mol. The Morgan fingerprint density at radius 3 is 2.81 bits per heavy atom. The zero-order valence-electron chi connectivity index (χ0n) is 10.7. The number of halogens is 1. The maximum absolute atomic E-state index is 12.2. The predicted octanol–water partition coefficient (Wildman–Crippen LogP) is 1.90. The van der Waals surface area contributed by atoms with Crippen molar-refractivity contribution < 1.29 is 4.79 Å². The smallest absolute Gasteiger partial charge is 0.222 e. The fourth-order valence-electron chi connectivity index (χ4n) is 1.85. The van der Waals surface area contributed by atoms with E-state index in [9.17, 15) is 4.79 Å². The molecule has 1 aromatic rings. The Morgan fingerprint density at radius 1 is 1.29 bits per heavy atom. The molecule has 0 saturated heterocycles. The summed E-state index contributed by atoms with van der Waals surface area (Å²) in [5.74, 6) is 0.972. The van der Waals surface area contributed by atoms with Gasteiger partial charge in [-0.1, -0.05) is 39.8 Å². The van der Waals surface area contributed by atoms with Crippen LogP contribution in [0.4, 0.5) is 0 Å². The summed E-state index contributed by atoms with van der Waals surface area (Å²) in [6, 6.07) is 6.93. The molecule has 8 heteroatoms. The first-order valence-electron chi connectivity index (χ1n) is 6.07. The number of carbonyl (C=O) groups is 1. The highest BCUT2D eigenvalue weighted by molar-refractivity contribution is 9.10. The number of thioether (sulfide) groups is 1. The topological polar surface area (TPSA) is 92.5 Å². The van der Waals surface area contributed by atoms with E-state index in [4.69, 9.17) is 5.73 Å². The quantitative estimate of drug-likeness (QED) is 0.831. The van der Waals surface area contributed by atoms with E-state index in [1.165, 1.54) is 18.1 Å². The van der Waals surface area contributed by atoms with Gasteiger partial charge in [0.15, 0.2) is 17.7 Å². The molecular weight excluding hydrogens is 354 g/mol. The third kappa shape index (κ3) is 3.11. The summed E-state index contributed by atoms with van der Waals surface area (Å²) in [7, 11) is 0. The summed E-state index contributed by atoms with van der Waals surface area (Å²) >= 11 is 4.66. The number of carbonyl (C=O) groups excluding carboxylic acids is 1. The molecule has 0 aromatic heterocycles. The van der Waals surface area contributed by atoms with Gasteiger partial charge in [0.2, 0.25) is 5.96 Å². The third-order valence-corrected chi connectivity index (χ3v) is 4.40. The predicted molar refractivity (Wildman–Crippen MR) is 89.7 cm³/mol. The Labute approximate surface area is 133 Å². The summed E-state index contributed by atoms with van der Waals surface area (Å²) in [4.78, 5) is 28.5. The van der Waals surface area contributed by atoms with Gasteiger partial charge in [-0.15, -0.1) is 0 Å². The van der Waals surface area contributed by atoms with E-state index in [1.807, 2.05) is 12.1 Å². The minimum Gasteiger partial charge on any atom is -0.368 e. The highest BCUT2D eigenvalue weighted by Crippen LogP contribution is 2.20. The van der Waals surface area contributed by atoms with Crippen molar-refractivity contribution in [1.82, 2.24) is 0 Å². The van der Waals surface area contributed by atoms with Gasteiger partial charge in [0.25, 0.3) is 0 Å². The minimum absolute atomic E-state index is 0.0248. The summed E-state index contributed by atoms with van der Waals surface area (Å²) in [6.07, 6.45) is 1.44. The molecule has 2 heterocycles. The number of nitrogens with two attached hydrogens (primary N) is 1. The molecule has 2 N–H and O–H groups in total. The number of nitrogens with zero attached hydrogens (tertiary/aromatic N) is 4. The molecule has 0 bridgehead atoms. The van der Waals surface area contributed by atoms with Crippen LogP contribution in [0.15, 0.2) is 48.7 Å². The van der Waals surface area contributed by atoms with Crippen LogP contribution in [0.5, 0.6) is 0 Å². The van der Waals surface area contributed by atoms with Crippen molar-refractivity contribution in [2.75, 3.05) is 5.75 Å². The fraction of sp³-hybridized carbons (Fsp3) is 0.154. The zero-order chi connectivity index (χ0) is 14.8. The summed E-state index contributed by atoms with van der Waals surface area (Å²) in [6.45, 7) is 0. The van der Waals surface area contributed by atoms with E-state index >= 15 is 0 Å². The van der Waals surface area contributed by atoms with Gasteiger partial charge in [-0.3, -0.25) is 9.79 Å². The Kier molecular flexibility index (Phi) is 3.98. The van der Waals surface area contributed by atoms with Crippen LogP contribution in [0, 0.1) is 0 Å². The average Bonchev–Trinajstić information content (AvgIpc) is 2.93. The lowest BCUT2D eigenvalue weighted by molar-refractivity contribution is 0.102. The molecule has 3 rings (SSSR count). The molecule has 0 radical (unpaired) electrons. The largest absolute Gasteiger partial charge is 0.368 e. The number of benzene rings is 1. The van der Waals surface area contributed by atoms with Gasteiger partial charge in [0.05, 0.1) is 5.75 Å². The van der Waals surface area contributed by atoms with Gasteiger partial charge in [-0.2, -0.15) is 4.99 Å². The molecular formula is C13H10BrN5OS. The number of hydrogen-bond donors (Lipinski definition) is 1. The van der Waals surface area contributed by atoms with Crippen molar-refractivity contribution in [3.63, 3.8) is 0 Å². The fourth-order valence-corrected chi connectivity index (χ4v) is 3.04. The molecule has 0 saturated carbocycles. The van der Waals surface area contributed by atoms with Crippen molar-refractivity contribution in [3.05, 3.63) is 34.3 Å². The number of Topliss-reactive ketones (excluding diaryl/α,β-unsaturated/α-hetero) is 1. The Bertz CT molecular complexity index is 708. The second-order valence-electron chi connectivity index (χ2n) is 4.29. The minimum atomic E-state index is -0.319. The normalized spacial score (nSPS) is 19.7. The molecule has 21 heavy (non-hydrogen) atoms. The first-order chi connectivity index (χ1) is 10.1. The van der Waals surface area contributed by atoms with E-state index in [2.05, 4.69) is 35.9 Å². The number of fused-ring (bicyclic) bond motifs is 1. The standard InChI is InChI=1S/C13H10BrN5OS/c14-8-3-1-7(2-4-8)9(20)5-21-12-10-11(17-6-16-10)18-13(15)19-12/h1-4,6,10H,5H2,(H2,15,16,17,18). The van der Waals surface area contributed by atoms with Gasteiger partial charge in [0, 0.05) is 10.0 Å². The summed E-state index contributed by atoms with van der Waals surface area (Å²) < 4.78 is 0.938. The van der Waals surface area contributed by atoms with E-state index in [1.54, 1.807) is 12.1 Å². The number of guanidine groups is 1. The molecule has 0 spiro atoms. The second kappa shape index (κ2) is 5.90. The number of ketones is 1. The number of aliphatic imine (C=N–C) groups is 4. The van der Waals surface area contributed by atoms with Crippen molar-refractivity contribution >= 4 is 56.7 Å². The van der Waals surface area contributed by atoms with E-state index < -0.39 is 0 Å². The lowest BCUT2D eigenvalue weighted by atomic mass is 10.2. The molecule has 2 aliphatic heterocycles. The van der Waals surface area contributed by atoms with Gasteiger partial charge < -0.3 is 5.73 Å². The molecule has 1 atom stereocenters. The summed E-state index contributed by atoms with van der Waals surface area (Å²) in [5, 5.41) is 0.653. The van der Waals surface area contributed by atoms with Gasteiger partial charge in [0.1, 0.15) is 11.4 Å². The zero-order valence-corrected chi connectivity index (χ0v) is 13.1. The van der Waals surface area contributed by atoms with Crippen molar-refractivity contribution in [1.29, 1.82) is 0 Å². The molecule has 1 unspecified atom stereocenters. The first kappa shape index (κ1) is 14.2. The SMILES string of the molecule is NC1=NC2=NC=NC2C(SCC(=O)c2ccc(Br)cc2)=N1. The third-order valence-electron chi connectivity index (χ3n) is 2.86. The van der Waals surface area contributed by atoms with Crippen molar-refractivity contribution in [2.45, 2.75) is 6.04 Å². The summed E-state index contributed by atoms with van der Waals surface area (Å²) in [5.41, 5.74) is 6.30. The molecule has 0 aliphatic carbocycles. The number of rotatable bonds is 3. The Balaban J connectivity index is 1.69. The first-order valence-corrected chi connectivity index (χ1v) is 7.85. The van der Waals surface area contributed by atoms with Gasteiger partial charge in [-0.25, -0.2) is 9.98 Å². The lowest BCUT2D eigenvalue weighted by Gasteiger charge is -2.14. The van der Waals surface area contributed by atoms with Crippen LogP contribution in [0.25, 0.3) is 0 Å². The maximum Gasteiger partial charge on any atom is 0.222 e. The van der Waals surface area contributed by atoms with Crippen LogP contribution in [0.1, 0.15) is 10.4 Å². The van der Waals surface area contributed by atoms with Crippen LogP contribution in [0.2, 0.25) is 0 Å². The van der Waals surface area contributed by atoms with E-state index in [0.29, 0.717) is 16.4 Å². The van der Waals surface area contributed by atoms with E-state index in [0.717, 1.165) is 4.47 Å². The molecule has 0 amide bonds. The van der Waals surface area contributed by atoms with Crippen LogP contribution >= 0.6 is 27.7 Å². The van der Waals surface area contributed by atoms with Crippen LogP contribution in [0.3, 0.4) is 0 Å². The van der Waals surface area contributed by atoms with Gasteiger partial charge >= 0.3 is 0 Å². The highest BCUT2D eigenvalue weighted by Gasteiger charge is 2.28. The van der Waals surface area contributed by atoms with Crippen LogP contribution < -0.4 is 5.73 Å². The lowest BCUT2D eigenvalue weighted by Crippen LogP contribution is -2.31. The maximum atomic E-state index is 12.2. The van der Waals surface area contributed by atoms with E-state index in [-0.39, 0.29) is 23.5 Å². The highest BCUT2D eigenvalue weighted by atomic mass is 79.9. The molecule has 1 aromatic carbocycles. The van der Waals surface area contributed by atoms with Crippen molar-refractivity contribution in [2.24, 2.45) is 25.7 Å². The van der Waals surface area contributed by atoms with Gasteiger partial charge in [-0.05, 0) is 12.1 Å².